The first-order chi connectivity index (χ1) is 14.3. The molecule has 6 nitrogen and oxygen atoms in total. The number of phenols is 1. The molecular weight excluding hydrogens is 392 g/mol. The smallest absolute Gasteiger partial charge is 0.261 e. The topological polar surface area (TPSA) is 99.3 Å². The fourth-order valence-corrected chi connectivity index (χ4v) is 3.53. The van der Waals surface area contributed by atoms with Gasteiger partial charge in [0, 0.05) is 34.4 Å². The summed E-state index contributed by atoms with van der Waals surface area (Å²) in [6.07, 6.45) is 1.39. The first kappa shape index (κ1) is 22.3. The Morgan fingerprint density at radius 2 is 1.65 bits per heavy atom. The van der Waals surface area contributed by atoms with E-state index in [4.69, 9.17) is 0 Å². The number of amides is 1. The highest BCUT2D eigenvalue weighted by Crippen LogP contribution is 2.40. The molecule has 2 aromatic carbocycles. The van der Waals surface area contributed by atoms with Gasteiger partial charge < -0.3 is 15.4 Å². The van der Waals surface area contributed by atoms with Gasteiger partial charge in [-0.05, 0) is 49.9 Å². The Kier molecular flexibility index (Phi) is 5.53. The highest BCUT2D eigenvalue weighted by atomic mass is 16.3. The van der Waals surface area contributed by atoms with Gasteiger partial charge in [0.25, 0.3) is 5.91 Å². The molecule has 0 spiro atoms. The highest BCUT2D eigenvalue weighted by molar-refractivity contribution is 6.06. The van der Waals surface area contributed by atoms with Crippen LogP contribution in [0.15, 0.2) is 47.4 Å². The lowest BCUT2D eigenvalue weighted by molar-refractivity contribution is -0.121. The molecule has 0 unspecified atom stereocenters. The second-order valence-electron chi connectivity index (χ2n) is 9.38. The van der Waals surface area contributed by atoms with E-state index in [-0.39, 0.29) is 22.5 Å². The van der Waals surface area contributed by atoms with E-state index in [2.05, 4.69) is 10.3 Å². The van der Waals surface area contributed by atoms with E-state index in [9.17, 15) is 19.5 Å². The maximum absolute atomic E-state index is 13.0. The molecular formula is C25H28N2O4. The Morgan fingerprint density at radius 3 is 2.26 bits per heavy atom. The Bertz CT molecular complexity index is 1250. The number of benzene rings is 2. The number of ketones is 1. The molecule has 3 rings (SSSR count). The van der Waals surface area contributed by atoms with E-state index in [1.165, 1.54) is 19.2 Å². The molecule has 0 aliphatic heterocycles. The molecule has 0 saturated carbocycles. The quantitative estimate of drug-likeness (QED) is 0.572. The van der Waals surface area contributed by atoms with Crippen molar-refractivity contribution >= 4 is 28.3 Å². The van der Waals surface area contributed by atoms with Crippen LogP contribution < -0.4 is 10.7 Å². The largest absolute Gasteiger partial charge is 0.508 e. The summed E-state index contributed by atoms with van der Waals surface area (Å²) >= 11 is 0. The summed E-state index contributed by atoms with van der Waals surface area (Å²) in [5.74, 6) is -0.742. The molecule has 0 bridgehead atoms. The van der Waals surface area contributed by atoms with Gasteiger partial charge in [-0.25, -0.2) is 0 Å². The second-order valence-corrected chi connectivity index (χ2v) is 9.38. The van der Waals surface area contributed by atoms with Crippen LogP contribution >= 0.6 is 0 Å². The number of fused-ring (bicyclic) bond motifs is 1. The van der Waals surface area contributed by atoms with E-state index < -0.39 is 16.7 Å². The van der Waals surface area contributed by atoms with Crippen LogP contribution in [0.25, 0.3) is 10.9 Å². The zero-order valence-corrected chi connectivity index (χ0v) is 18.7. The zero-order valence-electron chi connectivity index (χ0n) is 18.7. The SMILES string of the molecule is CC(=O)C(C)(C)c1cc(C(C)(C)C)c(NC(=O)c2c[nH]c3ccccc3c2=O)cc1O. The highest BCUT2D eigenvalue weighted by Gasteiger charge is 2.32. The van der Waals surface area contributed by atoms with Gasteiger partial charge in [0.15, 0.2) is 0 Å². The summed E-state index contributed by atoms with van der Waals surface area (Å²) in [7, 11) is 0. The third-order valence-corrected chi connectivity index (χ3v) is 5.78. The molecule has 0 radical (unpaired) electrons. The minimum absolute atomic E-state index is 0.0220. The van der Waals surface area contributed by atoms with Crippen LogP contribution in [-0.2, 0) is 15.6 Å². The van der Waals surface area contributed by atoms with Crippen molar-refractivity contribution in [3.63, 3.8) is 0 Å². The van der Waals surface area contributed by atoms with Gasteiger partial charge in [0.05, 0.1) is 5.41 Å². The van der Waals surface area contributed by atoms with Crippen molar-refractivity contribution in [2.24, 2.45) is 0 Å². The van der Waals surface area contributed by atoms with Crippen molar-refractivity contribution in [3.8, 4) is 5.75 Å². The maximum atomic E-state index is 13.0. The number of rotatable bonds is 4. The lowest BCUT2D eigenvalue weighted by Gasteiger charge is -2.29. The van der Waals surface area contributed by atoms with Gasteiger partial charge in [-0.2, -0.15) is 0 Å². The number of phenolic OH excluding ortho intramolecular Hbond substituents is 1. The van der Waals surface area contributed by atoms with Crippen molar-refractivity contribution in [2.45, 2.75) is 52.4 Å². The standard InChI is InChI=1S/C25H28N2O4/c1-14(28)25(5,6)18-11-17(24(2,3)4)20(12-21(18)29)27-23(31)16-13-26-19-10-8-7-9-15(19)22(16)30/h7-13,29H,1-6H3,(H,26,30)(H,27,31). The van der Waals surface area contributed by atoms with Crippen LogP contribution in [0, 0.1) is 0 Å². The van der Waals surface area contributed by atoms with Crippen LogP contribution in [-0.4, -0.2) is 21.8 Å². The zero-order chi connectivity index (χ0) is 23.1. The van der Waals surface area contributed by atoms with Crippen LogP contribution in [0.3, 0.4) is 0 Å². The molecule has 0 atom stereocenters. The number of para-hydroxylation sites is 1. The average molecular weight is 421 g/mol. The third kappa shape index (κ3) is 4.10. The Labute approximate surface area is 181 Å². The molecule has 0 saturated heterocycles. The summed E-state index contributed by atoms with van der Waals surface area (Å²) in [6.45, 7) is 10.9. The number of aromatic amines is 1. The number of nitrogens with one attached hydrogen (secondary N) is 2. The summed E-state index contributed by atoms with van der Waals surface area (Å²) in [6, 6.07) is 10.2. The molecule has 6 heteroatoms. The molecule has 3 N–H and O–H groups in total. The number of anilines is 1. The average Bonchev–Trinajstić information content (AvgIpc) is 2.67. The second kappa shape index (κ2) is 7.69. The van der Waals surface area contributed by atoms with Crippen LogP contribution in [0.2, 0.25) is 0 Å². The van der Waals surface area contributed by atoms with E-state index >= 15 is 0 Å². The maximum Gasteiger partial charge on any atom is 0.261 e. The van der Waals surface area contributed by atoms with Gasteiger partial charge >= 0.3 is 0 Å². The van der Waals surface area contributed by atoms with Crippen LogP contribution in [0.5, 0.6) is 5.75 Å². The fourth-order valence-electron chi connectivity index (χ4n) is 3.53. The van der Waals surface area contributed by atoms with E-state index in [0.29, 0.717) is 22.2 Å². The summed E-state index contributed by atoms with van der Waals surface area (Å²) in [5, 5.41) is 13.9. The van der Waals surface area contributed by atoms with E-state index in [0.717, 1.165) is 5.56 Å². The number of pyridine rings is 1. The molecule has 162 valence electrons. The summed E-state index contributed by atoms with van der Waals surface area (Å²) < 4.78 is 0. The van der Waals surface area contributed by atoms with E-state index in [1.807, 2.05) is 20.8 Å². The number of H-pyrrole nitrogens is 1. The van der Waals surface area contributed by atoms with Crippen LogP contribution in [0.1, 0.15) is 63.0 Å². The molecule has 0 aliphatic carbocycles. The van der Waals surface area contributed by atoms with Gasteiger partial charge in [-0.3, -0.25) is 14.4 Å². The van der Waals surface area contributed by atoms with Crippen molar-refractivity contribution in [1.82, 2.24) is 4.98 Å². The minimum atomic E-state index is -0.887. The molecule has 31 heavy (non-hydrogen) atoms. The van der Waals surface area contributed by atoms with E-state index in [1.54, 1.807) is 44.2 Å². The van der Waals surface area contributed by atoms with Gasteiger partial charge in [0.2, 0.25) is 5.43 Å². The molecule has 3 aromatic rings. The predicted molar refractivity (Wildman–Crippen MR) is 123 cm³/mol. The molecule has 1 heterocycles. The number of carbonyl (C=O) groups is 2. The number of aromatic hydroxyl groups is 1. The number of aromatic nitrogens is 1. The summed E-state index contributed by atoms with van der Waals surface area (Å²) in [5.41, 5.74) is 0.606. The normalized spacial score (nSPS) is 12.1. The lowest BCUT2D eigenvalue weighted by Crippen LogP contribution is -2.28. The lowest BCUT2D eigenvalue weighted by atomic mass is 9.76. The van der Waals surface area contributed by atoms with Gasteiger partial charge in [0.1, 0.15) is 17.1 Å². The minimum Gasteiger partial charge on any atom is -0.508 e. The molecule has 0 fully saturated rings. The number of hydrogen-bond acceptors (Lipinski definition) is 4. The Hall–Kier alpha value is -3.41. The first-order valence-electron chi connectivity index (χ1n) is 10.1. The number of carbonyl (C=O) groups excluding carboxylic acids is 2. The Balaban J connectivity index is 2.10. The molecule has 1 amide bonds. The van der Waals surface area contributed by atoms with Crippen molar-refractivity contribution in [2.75, 3.05) is 5.32 Å². The predicted octanol–water partition coefficient (Wildman–Crippen LogP) is 4.65. The number of hydrogen-bond donors (Lipinski definition) is 3. The van der Waals surface area contributed by atoms with Gasteiger partial charge in [-0.1, -0.05) is 32.9 Å². The fraction of sp³-hybridized carbons (Fsp3) is 0.320. The summed E-state index contributed by atoms with van der Waals surface area (Å²) in [4.78, 5) is 40.9. The van der Waals surface area contributed by atoms with Crippen molar-refractivity contribution in [3.05, 3.63) is 69.5 Å². The molecule has 0 aliphatic rings. The first-order valence-corrected chi connectivity index (χ1v) is 10.1. The monoisotopic (exact) mass is 420 g/mol. The van der Waals surface area contributed by atoms with Crippen molar-refractivity contribution in [1.29, 1.82) is 0 Å². The third-order valence-electron chi connectivity index (χ3n) is 5.78. The van der Waals surface area contributed by atoms with Crippen molar-refractivity contribution < 1.29 is 14.7 Å². The Morgan fingerprint density at radius 1 is 1.00 bits per heavy atom. The molecule has 1 aromatic heterocycles. The van der Waals surface area contributed by atoms with Gasteiger partial charge in [-0.15, -0.1) is 0 Å². The van der Waals surface area contributed by atoms with Crippen LogP contribution in [0.4, 0.5) is 5.69 Å². The number of Topliss-reactive ketones (excluding diaryl/α,β-unsaturated/α-hetero) is 1.